The lowest BCUT2D eigenvalue weighted by Crippen LogP contribution is -2.27. The van der Waals surface area contributed by atoms with E-state index in [1.807, 2.05) is 29.8 Å². The third-order valence-corrected chi connectivity index (χ3v) is 4.84. The molecule has 5 nitrogen and oxygen atoms in total. The lowest BCUT2D eigenvalue weighted by molar-refractivity contribution is -0.121. The van der Waals surface area contributed by atoms with Crippen LogP contribution in [0.1, 0.15) is 23.2 Å². The number of likely N-dealkylation sites (tertiary alicyclic amines) is 1. The molecule has 1 amide bonds. The molecule has 23 heavy (non-hydrogen) atoms. The number of amides is 1. The maximum Gasteiger partial charge on any atom is 0.221 e. The number of benzene rings is 1. The molecule has 0 aliphatic carbocycles. The van der Waals surface area contributed by atoms with Crippen molar-refractivity contribution in [3.8, 4) is 0 Å². The van der Waals surface area contributed by atoms with Crippen molar-refractivity contribution >= 4 is 17.5 Å². The second-order valence-electron chi connectivity index (χ2n) is 6.12. The van der Waals surface area contributed by atoms with Gasteiger partial charge in [-0.05, 0) is 25.5 Å². The van der Waals surface area contributed by atoms with Gasteiger partial charge in [0.05, 0.1) is 18.2 Å². The van der Waals surface area contributed by atoms with E-state index in [2.05, 4.69) is 22.1 Å². The minimum absolute atomic E-state index is 0.0477. The Balaban J connectivity index is 1.72. The lowest BCUT2D eigenvalue weighted by Gasteiger charge is -2.15. The molecule has 0 bridgehead atoms. The van der Waals surface area contributed by atoms with E-state index in [1.165, 1.54) is 5.56 Å². The topological polar surface area (TPSA) is 64.2 Å². The zero-order chi connectivity index (χ0) is 16.4. The van der Waals surface area contributed by atoms with Gasteiger partial charge in [-0.25, -0.2) is 4.68 Å². The molecule has 6 heteroatoms. The molecule has 122 valence electrons. The number of carbonyl (C=O) groups excluding carboxylic acids is 1. The predicted molar refractivity (Wildman–Crippen MR) is 90.1 cm³/mol. The number of aryl methyl sites for hydroxylation is 1. The zero-order valence-corrected chi connectivity index (χ0v) is 14.0. The molecule has 0 saturated carbocycles. The monoisotopic (exact) mass is 332 g/mol. The molecule has 1 aliphatic heterocycles. The summed E-state index contributed by atoms with van der Waals surface area (Å²) in [7, 11) is 0. The molecule has 1 fully saturated rings. The SMILES string of the molecule is Cc1nn(Cc2ccccc2)c(Cl)c1CN1CC[C@H](C(N)=O)C1. The van der Waals surface area contributed by atoms with Gasteiger partial charge in [0.2, 0.25) is 5.91 Å². The maximum atomic E-state index is 11.3. The van der Waals surface area contributed by atoms with E-state index in [4.69, 9.17) is 17.3 Å². The quantitative estimate of drug-likeness (QED) is 0.913. The van der Waals surface area contributed by atoms with Gasteiger partial charge in [0.25, 0.3) is 0 Å². The summed E-state index contributed by atoms with van der Waals surface area (Å²) in [6.45, 7) is 4.92. The van der Waals surface area contributed by atoms with Gasteiger partial charge in [0.1, 0.15) is 5.15 Å². The molecular weight excluding hydrogens is 312 g/mol. The van der Waals surface area contributed by atoms with Crippen LogP contribution in [0.15, 0.2) is 30.3 Å². The summed E-state index contributed by atoms with van der Waals surface area (Å²) in [5.74, 6) is -0.261. The third-order valence-electron chi connectivity index (χ3n) is 4.41. The summed E-state index contributed by atoms with van der Waals surface area (Å²) in [6.07, 6.45) is 0.824. The Bertz CT molecular complexity index is 698. The van der Waals surface area contributed by atoms with Gasteiger partial charge >= 0.3 is 0 Å². The Morgan fingerprint density at radius 1 is 1.35 bits per heavy atom. The smallest absolute Gasteiger partial charge is 0.221 e. The third kappa shape index (κ3) is 3.57. The second-order valence-corrected chi connectivity index (χ2v) is 6.48. The fourth-order valence-electron chi connectivity index (χ4n) is 3.06. The van der Waals surface area contributed by atoms with Crippen molar-refractivity contribution in [3.05, 3.63) is 52.3 Å². The molecule has 1 saturated heterocycles. The minimum atomic E-state index is -0.213. The van der Waals surface area contributed by atoms with Gasteiger partial charge < -0.3 is 5.73 Å². The van der Waals surface area contributed by atoms with Gasteiger partial charge in [-0.1, -0.05) is 41.9 Å². The predicted octanol–water partition coefficient (Wildman–Crippen LogP) is 2.20. The van der Waals surface area contributed by atoms with E-state index in [0.29, 0.717) is 24.8 Å². The first-order valence-electron chi connectivity index (χ1n) is 7.82. The Hall–Kier alpha value is -1.85. The van der Waals surface area contributed by atoms with Crippen molar-refractivity contribution in [1.29, 1.82) is 0 Å². The standard InChI is InChI=1S/C17H21ClN4O/c1-12-15(11-21-8-7-14(10-21)17(19)23)16(18)22(20-12)9-13-5-3-2-4-6-13/h2-6,14H,7-11H2,1H3,(H2,19,23)/t14-/m0/s1. The van der Waals surface area contributed by atoms with Crippen LogP contribution in [-0.4, -0.2) is 33.7 Å². The first kappa shape index (κ1) is 16.0. The number of nitrogens with two attached hydrogens (primary N) is 1. The van der Waals surface area contributed by atoms with Gasteiger partial charge in [-0.2, -0.15) is 5.10 Å². The number of primary amides is 1. The average Bonchev–Trinajstić information content (AvgIpc) is 3.10. The van der Waals surface area contributed by atoms with Gasteiger partial charge in [-0.3, -0.25) is 9.69 Å². The van der Waals surface area contributed by atoms with E-state index in [-0.39, 0.29) is 11.8 Å². The fourth-order valence-corrected chi connectivity index (χ4v) is 3.36. The van der Waals surface area contributed by atoms with Crippen LogP contribution in [0.2, 0.25) is 5.15 Å². The van der Waals surface area contributed by atoms with Crippen molar-refractivity contribution in [2.24, 2.45) is 11.7 Å². The van der Waals surface area contributed by atoms with Gasteiger partial charge in [0.15, 0.2) is 0 Å². The number of hydrogen-bond acceptors (Lipinski definition) is 3. The number of carbonyl (C=O) groups is 1. The molecule has 2 N–H and O–H groups in total. The van der Waals surface area contributed by atoms with Crippen LogP contribution >= 0.6 is 11.6 Å². The van der Waals surface area contributed by atoms with E-state index < -0.39 is 0 Å². The van der Waals surface area contributed by atoms with Crippen LogP contribution in [0, 0.1) is 12.8 Å². The number of aromatic nitrogens is 2. The Morgan fingerprint density at radius 3 is 2.74 bits per heavy atom. The summed E-state index contributed by atoms with van der Waals surface area (Å²) in [4.78, 5) is 13.5. The van der Waals surface area contributed by atoms with Crippen LogP contribution in [0.4, 0.5) is 0 Å². The average molecular weight is 333 g/mol. The molecule has 1 aliphatic rings. The highest BCUT2D eigenvalue weighted by Gasteiger charge is 2.28. The van der Waals surface area contributed by atoms with Crippen LogP contribution in [0.3, 0.4) is 0 Å². The molecule has 2 aromatic rings. The second kappa shape index (κ2) is 6.72. The maximum absolute atomic E-state index is 11.3. The Labute approximate surface area is 141 Å². The molecular formula is C17H21ClN4O. The van der Waals surface area contributed by atoms with E-state index in [0.717, 1.165) is 24.2 Å². The first-order valence-corrected chi connectivity index (χ1v) is 8.19. The fraction of sp³-hybridized carbons (Fsp3) is 0.412. The van der Waals surface area contributed by atoms with Crippen molar-refractivity contribution in [2.75, 3.05) is 13.1 Å². The van der Waals surface area contributed by atoms with Crippen LogP contribution in [-0.2, 0) is 17.9 Å². The molecule has 0 spiro atoms. The van der Waals surface area contributed by atoms with E-state index in [1.54, 1.807) is 0 Å². The summed E-state index contributed by atoms with van der Waals surface area (Å²) in [5.41, 5.74) is 8.53. The molecule has 0 radical (unpaired) electrons. The highest BCUT2D eigenvalue weighted by atomic mass is 35.5. The van der Waals surface area contributed by atoms with Gasteiger partial charge in [0, 0.05) is 18.7 Å². The molecule has 1 aromatic heterocycles. The highest BCUT2D eigenvalue weighted by molar-refractivity contribution is 6.30. The van der Waals surface area contributed by atoms with E-state index in [9.17, 15) is 4.79 Å². The molecule has 3 rings (SSSR count). The number of rotatable bonds is 5. The van der Waals surface area contributed by atoms with Crippen molar-refractivity contribution in [1.82, 2.24) is 14.7 Å². The largest absolute Gasteiger partial charge is 0.369 e. The summed E-state index contributed by atoms with van der Waals surface area (Å²) < 4.78 is 1.84. The Kier molecular flexibility index (Phi) is 4.68. The Morgan fingerprint density at radius 2 is 2.09 bits per heavy atom. The number of halogens is 1. The number of hydrogen-bond donors (Lipinski definition) is 1. The lowest BCUT2D eigenvalue weighted by atomic mass is 10.1. The zero-order valence-electron chi connectivity index (χ0n) is 13.2. The number of nitrogens with zero attached hydrogens (tertiary/aromatic N) is 3. The molecule has 1 atom stereocenters. The summed E-state index contributed by atoms with van der Waals surface area (Å²) in [5, 5.41) is 5.24. The molecule has 1 aromatic carbocycles. The summed E-state index contributed by atoms with van der Waals surface area (Å²) >= 11 is 6.54. The van der Waals surface area contributed by atoms with E-state index >= 15 is 0 Å². The molecule has 2 heterocycles. The van der Waals surface area contributed by atoms with Crippen molar-refractivity contribution < 1.29 is 4.79 Å². The van der Waals surface area contributed by atoms with Crippen LogP contribution in [0.5, 0.6) is 0 Å². The minimum Gasteiger partial charge on any atom is -0.369 e. The first-order chi connectivity index (χ1) is 11.0. The molecule has 0 unspecified atom stereocenters. The van der Waals surface area contributed by atoms with Crippen molar-refractivity contribution in [2.45, 2.75) is 26.4 Å². The van der Waals surface area contributed by atoms with Crippen LogP contribution in [0.25, 0.3) is 0 Å². The normalized spacial score (nSPS) is 18.4. The van der Waals surface area contributed by atoms with Gasteiger partial charge in [-0.15, -0.1) is 0 Å². The summed E-state index contributed by atoms with van der Waals surface area (Å²) in [6, 6.07) is 10.1. The highest BCUT2D eigenvalue weighted by Crippen LogP contribution is 2.25. The van der Waals surface area contributed by atoms with Crippen molar-refractivity contribution in [3.63, 3.8) is 0 Å². The van der Waals surface area contributed by atoms with Crippen LogP contribution < -0.4 is 5.73 Å².